The number of aliphatic hydroxyl groups excluding tert-OH is 1. The molecule has 1 N–H and O–H groups in total. The zero-order chi connectivity index (χ0) is 11.7. The third-order valence-electron chi connectivity index (χ3n) is 4.22. The normalized spacial score (nSPS) is 30.9. The maximum atomic E-state index is 9.49. The van der Waals surface area contributed by atoms with Crippen LogP contribution in [0, 0.1) is 0 Å². The van der Waals surface area contributed by atoms with Gasteiger partial charge in [-0.15, -0.1) is 0 Å². The summed E-state index contributed by atoms with van der Waals surface area (Å²) in [6.45, 7) is 0. The Morgan fingerprint density at radius 1 is 0.941 bits per heavy atom. The van der Waals surface area contributed by atoms with Crippen LogP contribution in [0.4, 0.5) is 0 Å². The van der Waals surface area contributed by atoms with E-state index in [0.717, 1.165) is 37.4 Å². The number of hydrogen-bond donors (Lipinski definition) is 1. The summed E-state index contributed by atoms with van der Waals surface area (Å²) in [5, 5.41) is 13.6. The Labute approximate surface area is 101 Å². The first kappa shape index (κ1) is 11.2. The van der Waals surface area contributed by atoms with E-state index in [-0.39, 0.29) is 6.10 Å². The van der Waals surface area contributed by atoms with Gasteiger partial charge in [0.25, 0.3) is 0 Å². The molecule has 2 aliphatic carbocycles. The van der Waals surface area contributed by atoms with Crippen LogP contribution < -0.4 is 0 Å². The predicted octanol–water partition coefficient (Wildman–Crippen LogP) is 2.75. The zero-order valence-electron chi connectivity index (χ0n) is 10.1. The van der Waals surface area contributed by atoms with Crippen molar-refractivity contribution in [2.24, 2.45) is 0 Å². The monoisotopic (exact) mass is 236 g/mol. The first-order chi connectivity index (χ1) is 8.33. The Morgan fingerprint density at radius 2 is 1.65 bits per heavy atom. The van der Waals surface area contributed by atoms with E-state index in [1.807, 2.05) is 0 Å². The summed E-state index contributed by atoms with van der Waals surface area (Å²) >= 11 is 0. The highest BCUT2D eigenvalue weighted by atomic mass is 16.5. The van der Waals surface area contributed by atoms with Crippen LogP contribution in [0.5, 0.6) is 0 Å². The summed E-state index contributed by atoms with van der Waals surface area (Å²) in [6, 6.07) is 0. The van der Waals surface area contributed by atoms with Crippen LogP contribution in [0.25, 0.3) is 0 Å². The average molecular weight is 236 g/mol. The number of nitrogens with zero attached hydrogens (tertiary/aromatic N) is 2. The lowest BCUT2D eigenvalue weighted by Gasteiger charge is -2.22. The van der Waals surface area contributed by atoms with Gasteiger partial charge in [-0.05, 0) is 38.5 Å². The van der Waals surface area contributed by atoms with Crippen LogP contribution >= 0.6 is 0 Å². The fraction of sp³-hybridized carbons (Fsp3) is 0.846. The van der Waals surface area contributed by atoms with Gasteiger partial charge in [0.1, 0.15) is 0 Å². The fourth-order valence-electron chi connectivity index (χ4n) is 3.09. The highest BCUT2D eigenvalue weighted by Crippen LogP contribution is 2.35. The summed E-state index contributed by atoms with van der Waals surface area (Å²) in [6.07, 6.45) is 8.58. The largest absolute Gasteiger partial charge is 0.393 e. The first-order valence-electron chi connectivity index (χ1n) is 6.84. The second-order valence-electron chi connectivity index (χ2n) is 5.48. The molecule has 0 aromatic carbocycles. The van der Waals surface area contributed by atoms with E-state index in [9.17, 15) is 5.11 Å². The van der Waals surface area contributed by atoms with Gasteiger partial charge in [-0.25, -0.2) is 0 Å². The quantitative estimate of drug-likeness (QED) is 0.857. The van der Waals surface area contributed by atoms with Crippen molar-refractivity contribution in [2.45, 2.75) is 69.3 Å². The maximum absolute atomic E-state index is 9.49. The van der Waals surface area contributed by atoms with Crippen molar-refractivity contribution in [2.75, 3.05) is 0 Å². The summed E-state index contributed by atoms with van der Waals surface area (Å²) in [7, 11) is 0. The molecule has 94 valence electrons. The predicted molar refractivity (Wildman–Crippen MR) is 62.7 cm³/mol. The SMILES string of the molecule is OC1CCC(c2nc(C3CCCC3)no2)CC1. The fourth-order valence-corrected chi connectivity index (χ4v) is 3.09. The van der Waals surface area contributed by atoms with E-state index in [0.29, 0.717) is 11.8 Å². The molecule has 0 spiro atoms. The van der Waals surface area contributed by atoms with E-state index in [2.05, 4.69) is 10.1 Å². The molecule has 2 aliphatic rings. The third kappa shape index (κ3) is 2.37. The molecular weight excluding hydrogens is 216 g/mol. The van der Waals surface area contributed by atoms with Crippen LogP contribution in [-0.4, -0.2) is 21.4 Å². The molecule has 0 aliphatic heterocycles. The van der Waals surface area contributed by atoms with Gasteiger partial charge in [0.15, 0.2) is 5.82 Å². The van der Waals surface area contributed by atoms with E-state index in [4.69, 9.17) is 4.52 Å². The number of aromatic nitrogens is 2. The van der Waals surface area contributed by atoms with Gasteiger partial charge in [0.05, 0.1) is 6.10 Å². The standard InChI is InChI=1S/C13H20N2O2/c16-11-7-5-10(6-8-11)13-14-12(15-17-13)9-3-1-2-4-9/h9-11,16H,1-8H2. The van der Waals surface area contributed by atoms with E-state index in [1.54, 1.807) is 0 Å². The molecule has 0 amide bonds. The summed E-state index contributed by atoms with van der Waals surface area (Å²) in [5.74, 6) is 2.63. The second kappa shape index (κ2) is 4.77. The lowest BCUT2D eigenvalue weighted by atomic mass is 9.87. The Hall–Kier alpha value is -0.900. The van der Waals surface area contributed by atoms with Crippen molar-refractivity contribution >= 4 is 0 Å². The van der Waals surface area contributed by atoms with Gasteiger partial charge in [-0.3, -0.25) is 0 Å². The zero-order valence-corrected chi connectivity index (χ0v) is 10.1. The molecule has 2 saturated carbocycles. The summed E-state index contributed by atoms with van der Waals surface area (Å²) in [5.41, 5.74) is 0. The molecule has 1 aromatic heterocycles. The summed E-state index contributed by atoms with van der Waals surface area (Å²) < 4.78 is 5.41. The lowest BCUT2D eigenvalue weighted by molar-refractivity contribution is 0.116. The number of rotatable bonds is 2. The lowest BCUT2D eigenvalue weighted by Crippen LogP contribution is -2.17. The van der Waals surface area contributed by atoms with Crippen LogP contribution in [0.15, 0.2) is 4.52 Å². The van der Waals surface area contributed by atoms with Gasteiger partial charge >= 0.3 is 0 Å². The number of hydrogen-bond acceptors (Lipinski definition) is 4. The molecule has 2 fully saturated rings. The minimum atomic E-state index is -0.122. The highest BCUT2D eigenvalue weighted by Gasteiger charge is 2.28. The van der Waals surface area contributed by atoms with E-state index in [1.165, 1.54) is 25.7 Å². The van der Waals surface area contributed by atoms with Gasteiger partial charge in [-0.1, -0.05) is 18.0 Å². The molecule has 0 atom stereocenters. The molecule has 3 rings (SSSR count). The Kier molecular flexibility index (Phi) is 3.14. The molecular formula is C13H20N2O2. The molecule has 0 unspecified atom stereocenters. The van der Waals surface area contributed by atoms with Crippen LogP contribution in [0.1, 0.15) is 74.9 Å². The van der Waals surface area contributed by atoms with E-state index >= 15 is 0 Å². The minimum Gasteiger partial charge on any atom is -0.393 e. The van der Waals surface area contributed by atoms with Crippen molar-refractivity contribution < 1.29 is 9.63 Å². The molecule has 0 bridgehead atoms. The Morgan fingerprint density at radius 3 is 2.35 bits per heavy atom. The Balaban J connectivity index is 1.67. The van der Waals surface area contributed by atoms with Crippen LogP contribution in [-0.2, 0) is 0 Å². The van der Waals surface area contributed by atoms with Crippen LogP contribution in [0.3, 0.4) is 0 Å². The van der Waals surface area contributed by atoms with Gasteiger partial charge in [-0.2, -0.15) is 4.98 Å². The molecule has 1 heterocycles. The van der Waals surface area contributed by atoms with Gasteiger partial charge in [0, 0.05) is 11.8 Å². The average Bonchev–Trinajstić information content (AvgIpc) is 3.00. The van der Waals surface area contributed by atoms with Crippen molar-refractivity contribution in [3.63, 3.8) is 0 Å². The minimum absolute atomic E-state index is 0.122. The maximum Gasteiger partial charge on any atom is 0.229 e. The van der Waals surface area contributed by atoms with Crippen LogP contribution in [0.2, 0.25) is 0 Å². The Bertz CT molecular complexity index is 363. The van der Waals surface area contributed by atoms with Gasteiger partial charge < -0.3 is 9.63 Å². The molecule has 0 radical (unpaired) electrons. The molecule has 1 aromatic rings. The molecule has 4 heteroatoms. The smallest absolute Gasteiger partial charge is 0.229 e. The van der Waals surface area contributed by atoms with Crippen molar-refractivity contribution in [3.05, 3.63) is 11.7 Å². The topological polar surface area (TPSA) is 59.2 Å². The molecule has 4 nitrogen and oxygen atoms in total. The van der Waals surface area contributed by atoms with E-state index < -0.39 is 0 Å². The molecule has 17 heavy (non-hydrogen) atoms. The van der Waals surface area contributed by atoms with Crippen molar-refractivity contribution in [1.29, 1.82) is 0 Å². The second-order valence-corrected chi connectivity index (χ2v) is 5.48. The highest BCUT2D eigenvalue weighted by molar-refractivity contribution is 5.01. The number of aliphatic hydroxyl groups is 1. The third-order valence-corrected chi connectivity index (χ3v) is 4.22. The first-order valence-corrected chi connectivity index (χ1v) is 6.84. The molecule has 0 saturated heterocycles. The summed E-state index contributed by atoms with van der Waals surface area (Å²) in [4.78, 5) is 4.58. The van der Waals surface area contributed by atoms with Crippen molar-refractivity contribution in [3.8, 4) is 0 Å². The van der Waals surface area contributed by atoms with Gasteiger partial charge in [0.2, 0.25) is 5.89 Å². The van der Waals surface area contributed by atoms with Crippen molar-refractivity contribution in [1.82, 2.24) is 10.1 Å².